The fourth-order valence-corrected chi connectivity index (χ4v) is 6.44. The molecule has 0 atom stereocenters. The van der Waals surface area contributed by atoms with Gasteiger partial charge >= 0.3 is 0 Å². The van der Waals surface area contributed by atoms with Crippen LogP contribution in [0, 0.1) is 0 Å². The highest BCUT2D eigenvalue weighted by atomic mass is 79.9. The average Bonchev–Trinajstić information content (AvgIpc) is 3.12. The van der Waals surface area contributed by atoms with Crippen molar-refractivity contribution in [3.05, 3.63) is 114 Å². The van der Waals surface area contributed by atoms with Crippen molar-refractivity contribution < 1.29 is 14.3 Å². The van der Waals surface area contributed by atoms with Crippen LogP contribution in [0.4, 0.5) is 4.79 Å². The molecular weight excluding hydrogens is 626 g/mol. The second-order valence-corrected chi connectivity index (χ2v) is 11.2. The molecule has 5 rings (SSSR count). The fourth-order valence-electron chi connectivity index (χ4n) is 3.95. The summed E-state index contributed by atoms with van der Waals surface area (Å²) in [6, 6.07) is 25.3. The van der Waals surface area contributed by atoms with Crippen molar-refractivity contribution in [1.29, 1.82) is 0 Å². The Bertz CT molecular complexity index is 1510. The Balaban J connectivity index is 1.34. The third-order valence-electron chi connectivity index (χ3n) is 5.73. The molecule has 8 heteroatoms. The molecule has 1 heterocycles. The van der Waals surface area contributed by atoms with Crippen LogP contribution in [0.3, 0.4) is 0 Å². The topological polar surface area (TPSA) is 46.6 Å². The molecular formula is C28H18Br2ClNO3S. The van der Waals surface area contributed by atoms with Gasteiger partial charge in [0.25, 0.3) is 11.1 Å². The molecule has 2 amide bonds. The first kappa shape index (κ1) is 25.1. The van der Waals surface area contributed by atoms with Crippen LogP contribution < -0.4 is 4.74 Å². The summed E-state index contributed by atoms with van der Waals surface area (Å²) in [4.78, 5) is 27.1. The number of ether oxygens (including phenoxy) is 1. The van der Waals surface area contributed by atoms with Gasteiger partial charge in [-0.1, -0.05) is 72.3 Å². The molecule has 4 aromatic rings. The number of halogens is 3. The molecule has 0 saturated carbocycles. The van der Waals surface area contributed by atoms with E-state index >= 15 is 0 Å². The lowest BCUT2D eigenvalue weighted by Gasteiger charge is -2.14. The lowest BCUT2D eigenvalue weighted by atomic mass is 10.1. The lowest BCUT2D eigenvalue weighted by molar-refractivity contribution is -0.123. The molecule has 1 saturated heterocycles. The standard InChI is InChI=1S/C28H18Br2ClNO3S/c29-22-12-17(14-25-27(33)32(28(34)36-25)15-19-7-2-4-11-24(19)31)13-23(30)26(22)35-16-20-9-5-8-18-6-1-3-10-21(18)20/h1-14H,15-16H2/b25-14-. The van der Waals surface area contributed by atoms with Crippen LogP contribution in [0.15, 0.2) is 92.7 Å². The molecule has 0 radical (unpaired) electrons. The van der Waals surface area contributed by atoms with Gasteiger partial charge in [0.05, 0.1) is 20.4 Å². The highest BCUT2D eigenvalue weighted by molar-refractivity contribution is 9.11. The Hall–Kier alpha value is -2.58. The maximum Gasteiger partial charge on any atom is 0.293 e. The normalized spacial score (nSPS) is 14.8. The molecule has 36 heavy (non-hydrogen) atoms. The molecule has 180 valence electrons. The van der Waals surface area contributed by atoms with Crippen molar-refractivity contribution in [2.45, 2.75) is 13.2 Å². The van der Waals surface area contributed by atoms with Crippen molar-refractivity contribution in [2.24, 2.45) is 0 Å². The minimum Gasteiger partial charge on any atom is -0.487 e. The van der Waals surface area contributed by atoms with Crippen LogP contribution in [0.2, 0.25) is 5.02 Å². The number of rotatable bonds is 6. The molecule has 1 fully saturated rings. The molecule has 0 aromatic heterocycles. The van der Waals surface area contributed by atoms with E-state index in [-0.39, 0.29) is 17.7 Å². The number of fused-ring (bicyclic) bond motifs is 1. The van der Waals surface area contributed by atoms with Gasteiger partial charge in [-0.15, -0.1) is 0 Å². The summed E-state index contributed by atoms with van der Waals surface area (Å²) in [6.45, 7) is 0.537. The Kier molecular flexibility index (Phi) is 7.53. The summed E-state index contributed by atoms with van der Waals surface area (Å²) in [6.07, 6.45) is 1.71. The van der Waals surface area contributed by atoms with Gasteiger partial charge in [0, 0.05) is 5.02 Å². The third-order valence-corrected chi connectivity index (χ3v) is 8.18. The van der Waals surface area contributed by atoms with E-state index in [1.165, 1.54) is 4.90 Å². The van der Waals surface area contributed by atoms with Gasteiger partial charge in [-0.3, -0.25) is 14.5 Å². The van der Waals surface area contributed by atoms with Gasteiger partial charge in [0.2, 0.25) is 0 Å². The lowest BCUT2D eigenvalue weighted by Crippen LogP contribution is -2.27. The maximum atomic E-state index is 13.0. The first-order chi connectivity index (χ1) is 17.4. The Labute approximate surface area is 234 Å². The van der Waals surface area contributed by atoms with Gasteiger partial charge in [-0.2, -0.15) is 0 Å². The molecule has 1 aliphatic heterocycles. The van der Waals surface area contributed by atoms with Gasteiger partial charge in [0.1, 0.15) is 12.4 Å². The Morgan fingerprint density at radius 3 is 2.33 bits per heavy atom. The number of benzene rings is 4. The van der Waals surface area contributed by atoms with E-state index < -0.39 is 0 Å². The largest absolute Gasteiger partial charge is 0.487 e. The van der Waals surface area contributed by atoms with Gasteiger partial charge in [-0.05, 0) is 95.4 Å². The number of nitrogens with zero attached hydrogens (tertiary/aromatic N) is 1. The minimum absolute atomic E-state index is 0.135. The van der Waals surface area contributed by atoms with E-state index in [1.807, 2.05) is 42.5 Å². The molecule has 0 spiro atoms. The van der Waals surface area contributed by atoms with Crippen molar-refractivity contribution in [2.75, 3.05) is 0 Å². The van der Waals surface area contributed by atoms with E-state index in [9.17, 15) is 9.59 Å². The number of carbonyl (C=O) groups is 2. The predicted molar refractivity (Wildman–Crippen MR) is 153 cm³/mol. The van der Waals surface area contributed by atoms with Crippen molar-refractivity contribution in [3.8, 4) is 5.75 Å². The monoisotopic (exact) mass is 641 g/mol. The summed E-state index contributed by atoms with van der Waals surface area (Å²) >= 11 is 14.3. The summed E-state index contributed by atoms with van der Waals surface area (Å²) in [7, 11) is 0. The van der Waals surface area contributed by atoms with Crippen molar-refractivity contribution in [3.63, 3.8) is 0 Å². The molecule has 0 N–H and O–H groups in total. The maximum absolute atomic E-state index is 13.0. The molecule has 0 unspecified atom stereocenters. The van der Waals surface area contributed by atoms with E-state index in [2.05, 4.69) is 56.1 Å². The average molecular weight is 644 g/mol. The molecule has 4 aromatic carbocycles. The SMILES string of the molecule is O=C1S/C(=C\c2cc(Br)c(OCc3cccc4ccccc34)c(Br)c2)C(=O)N1Cc1ccccc1Cl. The van der Waals surface area contributed by atoms with Crippen LogP contribution in [-0.4, -0.2) is 16.0 Å². The van der Waals surface area contributed by atoms with Crippen LogP contribution >= 0.6 is 55.2 Å². The second-order valence-electron chi connectivity index (χ2n) is 8.10. The Morgan fingerprint density at radius 2 is 1.56 bits per heavy atom. The molecule has 0 bridgehead atoms. The van der Waals surface area contributed by atoms with E-state index in [0.717, 1.165) is 48.2 Å². The smallest absolute Gasteiger partial charge is 0.293 e. The number of carbonyl (C=O) groups excluding carboxylic acids is 2. The van der Waals surface area contributed by atoms with E-state index in [0.29, 0.717) is 22.3 Å². The van der Waals surface area contributed by atoms with Crippen LogP contribution in [0.25, 0.3) is 16.8 Å². The molecule has 4 nitrogen and oxygen atoms in total. The zero-order valence-electron chi connectivity index (χ0n) is 18.7. The van der Waals surface area contributed by atoms with Crippen LogP contribution in [0.1, 0.15) is 16.7 Å². The number of hydrogen-bond acceptors (Lipinski definition) is 4. The van der Waals surface area contributed by atoms with Crippen LogP contribution in [-0.2, 0) is 17.9 Å². The highest BCUT2D eigenvalue weighted by Gasteiger charge is 2.35. The van der Waals surface area contributed by atoms with Crippen molar-refractivity contribution >= 4 is 83.2 Å². The van der Waals surface area contributed by atoms with E-state index in [1.54, 1.807) is 18.2 Å². The predicted octanol–water partition coefficient (Wildman–Crippen LogP) is 8.83. The summed E-state index contributed by atoms with van der Waals surface area (Å²) in [5, 5.41) is 2.51. The zero-order chi connectivity index (χ0) is 25.2. The second kappa shape index (κ2) is 10.8. The number of thioether (sulfide) groups is 1. The van der Waals surface area contributed by atoms with Crippen molar-refractivity contribution in [1.82, 2.24) is 4.90 Å². The number of hydrogen-bond donors (Lipinski definition) is 0. The van der Waals surface area contributed by atoms with Gasteiger partial charge < -0.3 is 4.74 Å². The summed E-state index contributed by atoms with van der Waals surface area (Å²) in [5.41, 5.74) is 2.57. The Morgan fingerprint density at radius 1 is 0.889 bits per heavy atom. The highest BCUT2D eigenvalue weighted by Crippen LogP contribution is 2.39. The van der Waals surface area contributed by atoms with Crippen LogP contribution in [0.5, 0.6) is 5.75 Å². The number of amides is 2. The third kappa shape index (κ3) is 5.25. The first-order valence-corrected chi connectivity index (χ1v) is 13.8. The zero-order valence-corrected chi connectivity index (χ0v) is 23.5. The van der Waals surface area contributed by atoms with Gasteiger partial charge in [0.15, 0.2) is 0 Å². The molecule has 1 aliphatic rings. The summed E-state index contributed by atoms with van der Waals surface area (Å²) < 4.78 is 7.63. The van der Waals surface area contributed by atoms with E-state index in [4.69, 9.17) is 16.3 Å². The minimum atomic E-state index is -0.339. The molecule has 0 aliphatic carbocycles. The van der Waals surface area contributed by atoms with Gasteiger partial charge in [-0.25, -0.2) is 0 Å². The summed E-state index contributed by atoms with van der Waals surface area (Å²) in [5.74, 6) is 0.320. The fraction of sp³-hybridized carbons (Fsp3) is 0.0714. The first-order valence-electron chi connectivity index (χ1n) is 11.0. The quantitative estimate of drug-likeness (QED) is 0.197. The number of imide groups is 1.